The summed E-state index contributed by atoms with van der Waals surface area (Å²) >= 11 is 13.1. The number of esters is 1. The van der Waals surface area contributed by atoms with Crippen LogP contribution in [-0.4, -0.2) is 49.9 Å². The van der Waals surface area contributed by atoms with E-state index in [1.54, 1.807) is 31.2 Å². The SMILES string of the molecule is CCOc1cc([C@@H]2NC(=O)NC(C)=C2C(=O)OC)ccc1OC[C@H](O)N/N=C/c1cc(Br)cc(Br)c1OCc1cccc(Cl)c1. The molecule has 0 bridgehead atoms. The summed E-state index contributed by atoms with van der Waals surface area (Å²) in [6, 6.07) is 14.9. The van der Waals surface area contributed by atoms with Gasteiger partial charge < -0.3 is 34.7 Å². The average Bonchev–Trinajstić information content (AvgIpc) is 2.99. The van der Waals surface area contributed by atoms with Crippen LogP contribution < -0.4 is 30.3 Å². The largest absolute Gasteiger partial charge is 0.490 e. The molecule has 0 unspecified atom stereocenters. The number of carbonyl (C=O) groups excluding carboxylic acids is 2. The normalized spacial score (nSPS) is 15.3. The molecule has 14 heteroatoms. The highest BCUT2D eigenvalue weighted by Crippen LogP contribution is 2.35. The van der Waals surface area contributed by atoms with Crippen LogP contribution in [0.4, 0.5) is 4.79 Å². The first-order valence-electron chi connectivity index (χ1n) is 13.7. The molecule has 4 N–H and O–H groups in total. The monoisotopic (exact) mass is 764 g/mol. The second-order valence-corrected chi connectivity index (χ2v) is 11.8. The lowest BCUT2D eigenvalue weighted by Gasteiger charge is -2.28. The number of urea groups is 1. The minimum absolute atomic E-state index is 0.173. The van der Waals surface area contributed by atoms with Crippen LogP contribution >= 0.6 is 43.5 Å². The van der Waals surface area contributed by atoms with Crippen molar-refractivity contribution in [2.24, 2.45) is 5.10 Å². The van der Waals surface area contributed by atoms with Crippen molar-refractivity contribution in [3.63, 3.8) is 0 Å². The lowest BCUT2D eigenvalue weighted by atomic mass is 9.95. The van der Waals surface area contributed by atoms with Crippen molar-refractivity contribution >= 4 is 61.7 Å². The number of hydrazone groups is 1. The number of rotatable bonds is 13. The molecular weight excluding hydrogens is 736 g/mol. The van der Waals surface area contributed by atoms with Gasteiger partial charge in [-0.3, -0.25) is 5.43 Å². The molecule has 0 radical (unpaired) electrons. The van der Waals surface area contributed by atoms with Gasteiger partial charge in [-0.05, 0) is 77.3 Å². The Balaban J connectivity index is 1.43. The first-order chi connectivity index (χ1) is 21.6. The van der Waals surface area contributed by atoms with Gasteiger partial charge in [-0.1, -0.05) is 45.7 Å². The number of aliphatic hydroxyl groups is 1. The molecular formula is C31H31Br2ClN4O7. The first-order valence-corrected chi connectivity index (χ1v) is 15.6. The van der Waals surface area contributed by atoms with Crippen molar-refractivity contribution in [3.8, 4) is 17.2 Å². The maximum Gasteiger partial charge on any atom is 0.337 e. The van der Waals surface area contributed by atoms with E-state index >= 15 is 0 Å². The molecule has 2 amide bonds. The summed E-state index contributed by atoms with van der Waals surface area (Å²) in [7, 11) is 1.27. The molecule has 1 aliphatic heterocycles. The topological polar surface area (TPSA) is 140 Å². The zero-order chi connectivity index (χ0) is 32.5. The van der Waals surface area contributed by atoms with E-state index in [4.69, 9.17) is 30.5 Å². The zero-order valence-corrected chi connectivity index (χ0v) is 28.5. The lowest BCUT2D eigenvalue weighted by molar-refractivity contribution is -0.136. The van der Waals surface area contributed by atoms with Gasteiger partial charge >= 0.3 is 12.0 Å². The van der Waals surface area contributed by atoms with Crippen LogP contribution in [0.1, 0.15) is 36.6 Å². The van der Waals surface area contributed by atoms with E-state index in [1.165, 1.54) is 13.3 Å². The van der Waals surface area contributed by atoms with Crippen molar-refractivity contribution in [2.45, 2.75) is 32.7 Å². The van der Waals surface area contributed by atoms with Gasteiger partial charge in [-0.2, -0.15) is 5.10 Å². The third-order valence-corrected chi connectivity index (χ3v) is 7.69. The lowest BCUT2D eigenvalue weighted by Crippen LogP contribution is -2.45. The van der Waals surface area contributed by atoms with Crippen molar-refractivity contribution < 1.29 is 33.6 Å². The van der Waals surface area contributed by atoms with Gasteiger partial charge in [0.15, 0.2) is 17.7 Å². The number of amides is 2. The fourth-order valence-corrected chi connectivity index (χ4v) is 6.01. The number of halogens is 3. The highest BCUT2D eigenvalue weighted by Gasteiger charge is 2.32. The van der Waals surface area contributed by atoms with Crippen LogP contribution in [0.2, 0.25) is 5.02 Å². The Kier molecular flexibility index (Phi) is 12.1. The molecule has 11 nitrogen and oxygen atoms in total. The summed E-state index contributed by atoms with van der Waals surface area (Å²) in [4.78, 5) is 24.6. The first kappa shape index (κ1) is 34.1. The standard InChI is InChI=1S/C31H31Br2ClN4O7/c1-4-43-25-12-19(28-27(30(40)42-3)17(2)36-31(41)37-28)8-9-24(25)44-16-26(39)38-35-14-20-11-21(32)13-23(33)29(20)45-15-18-6-5-7-22(34)10-18/h5-14,26,28,38-39H,4,15-16H2,1-3H3,(H2,36,37,41)/b35-14+/t26-,28-/m0/s1. The summed E-state index contributed by atoms with van der Waals surface area (Å²) in [5, 5.41) is 20.7. The number of hydrogen-bond donors (Lipinski definition) is 4. The molecule has 0 spiro atoms. The Morgan fingerprint density at radius 3 is 2.67 bits per heavy atom. The molecule has 0 aromatic heterocycles. The third kappa shape index (κ3) is 9.13. The number of carbonyl (C=O) groups is 2. The van der Waals surface area contributed by atoms with Crippen molar-refractivity contribution in [2.75, 3.05) is 20.3 Å². The summed E-state index contributed by atoms with van der Waals surface area (Å²) < 4.78 is 24.1. The van der Waals surface area contributed by atoms with E-state index in [2.05, 4.69) is 53.0 Å². The predicted octanol–water partition coefficient (Wildman–Crippen LogP) is 5.96. The van der Waals surface area contributed by atoms with E-state index in [-0.39, 0.29) is 18.8 Å². The molecule has 0 fully saturated rings. The number of ether oxygens (including phenoxy) is 4. The number of nitrogens with zero attached hydrogens (tertiary/aromatic N) is 1. The van der Waals surface area contributed by atoms with E-state index in [0.29, 0.717) is 50.2 Å². The molecule has 0 saturated heterocycles. The van der Waals surface area contributed by atoms with Crippen molar-refractivity contribution in [3.05, 3.63) is 96.5 Å². The van der Waals surface area contributed by atoms with Crippen LogP contribution in [0.15, 0.2) is 79.9 Å². The second-order valence-electron chi connectivity index (χ2n) is 9.64. The Morgan fingerprint density at radius 2 is 1.93 bits per heavy atom. The fraction of sp³-hybridized carbons (Fsp3) is 0.258. The summed E-state index contributed by atoms with van der Waals surface area (Å²) in [5.74, 6) is 0.689. The molecule has 2 atom stereocenters. The molecule has 1 aliphatic rings. The van der Waals surface area contributed by atoms with Crippen LogP contribution in [-0.2, 0) is 16.1 Å². The van der Waals surface area contributed by atoms with Crippen LogP contribution in [0, 0.1) is 0 Å². The zero-order valence-electron chi connectivity index (χ0n) is 24.5. The number of allylic oxidation sites excluding steroid dienone is 1. The van der Waals surface area contributed by atoms with Gasteiger partial charge in [-0.15, -0.1) is 0 Å². The molecule has 1 heterocycles. The molecule has 238 valence electrons. The van der Waals surface area contributed by atoms with Crippen LogP contribution in [0.3, 0.4) is 0 Å². The van der Waals surface area contributed by atoms with Gasteiger partial charge in [0, 0.05) is 20.8 Å². The third-order valence-electron chi connectivity index (χ3n) is 6.41. The Labute approximate surface area is 282 Å². The maximum atomic E-state index is 12.5. The molecule has 0 saturated carbocycles. The van der Waals surface area contributed by atoms with Gasteiger partial charge in [0.25, 0.3) is 0 Å². The van der Waals surface area contributed by atoms with Crippen molar-refractivity contribution in [1.82, 2.24) is 16.1 Å². The Bertz CT molecular complexity index is 1620. The predicted molar refractivity (Wildman–Crippen MR) is 177 cm³/mol. The van der Waals surface area contributed by atoms with Gasteiger partial charge in [0.1, 0.15) is 19.0 Å². The molecule has 3 aromatic carbocycles. The summed E-state index contributed by atoms with van der Waals surface area (Å²) in [6.45, 7) is 3.88. The molecule has 45 heavy (non-hydrogen) atoms. The summed E-state index contributed by atoms with van der Waals surface area (Å²) in [6.07, 6.45) is 0.343. The van der Waals surface area contributed by atoms with E-state index in [1.807, 2.05) is 37.3 Å². The number of aliphatic hydroxyl groups excluding tert-OH is 1. The average molecular weight is 767 g/mol. The molecule has 0 aliphatic carbocycles. The Morgan fingerprint density at radius 1 is 1.13 bits per heavy atom. The highest BCUT2D eigenvalue weighted by molar-refractivity contribution is 9.11. The fourth-order valence-electron chi connectivity index (χ4n) is 4.43. The van der Waals surface area contributed by atoms with Gasteiger partial charge in [0.05, 0.1) is 36.0 Å². The minimum Gasteiger partial charge on any atom is -0.490 e. The van der Waals surface area contributed by atoms with Crippen LogP contribution in [0.5, 0.6) is 17.2 Å². The highest BCUT2D eigenvalue weighted by atomic mass is 79.9. The van der Waals surface area contributed by atoms with Gasteiger partial charge in [0.2, 0.25) is 0 Å². The second kappa shape index (κ2) is 16.0. The molecule has 3 aromatic rings. The minimum atomic E-state index is -1.18. The number of methoxy groups -OCH3 is 1. The maximum absolute atomic E-state index is 12.5. The van der Waals surface area contributed by atoms with Crippen LogP contribution in [0.25, 0.3) is 0 Å². The van der Waals surface area contributed by atoms with E-state index < -0.39 is 24.3 Å². The Hall–Kier alpha value is -3.78. The quantitative estimate of drug-likeness (QED) is 0.0724. The van der Waals surface area contributed by atoms with Crippen molar-refractivity contribution in [1.29, 1.82) is 0 Å². The number of hydrogen-bond acceptors (Lipinski definition) is 9. The molecule has 4 rings (SSSR count). The van der Waals surface area contributed by atoms with E-state index in [9.17, 15) is 14.7 Å². The summed E-state index contributed by atoms with van der Waals surface area (Å²) in [5.41, 5.74) is 5.43. The van der Waals surface area contributed by atoms with E-state index in [0.717, 1.165) is 10.0 Å². The number of nitrogens with one attached hydrogen (secondary N) is 3. The number of benzene rings is 3. The smallest absolute Gasteiger partial charge is 0.337 e. The van der Waals surface area contributed by atoms with Gasteiger partial charge in [-0.25, -0.2) is 9.59 Å².